The Morgan fingerprint density at radius 3 is 2.62 bits per heavy atom. The Morgan fingerprint density at radius 1 is 1.21 bits per heavy atom. The molecule has 2 heterocycles. The second-order valence-corrected chi connectivity index (χ2v) is 7.19. The molecule has 0 bridgehead atoms. The summed E-state index contributed by atoms with van der Waals surface area (Å²) in [4.78, 5) is 18.6. The molecule has 130 valence electrons. The first-order chi connectivity index (χ1) is 11.6. The zero-order chi connectivity index (χ0) is 17.1. The molecule has 1 aromatic carbocycles. The molecule has 2 N–H and O–H groups in total. The van der Waals surface area contributed by atoms with Crippen LogP contribution in [0.5, 0.6) is 0 Å². The van der Waals surface area contributed by atoms with Gasteiger partial charge in [0.05, 0.1) is 11.1 Å². The Bertz CT molecular complexity index is 711. The van der Waals surface area contributed by atoms with Gasteiger partial charge in [0, 0.05) is 23.7 Å². The van der Waals surface area contributed by atoms with Crippen LogP contribution in [0.25, 0.3) is 10.9 Å². The summed E-state index contributed by atoms with van der Waals surface area (Å²) in [5, 5.41) is 4.32. The van der Waals surface area contributed by atoms with E-state index in [0.717, 1.165) is 41.8 Å². The number of aromatic amines is 1. The summed E-state index contributed by atoms with van der Waals surface area (Å²) in [7, 11) is 0. The zero-order valence-electron chi connectivity index (χ0n) is 15.1. The van der Waals surface area contributed by atoms with Crippen molar-refractivity contribution >= 4 is 16.8 Å². The van der Waals surface area contributed by atoms with Crippen LogP contribution in [0.15, 0.2) is 18.2 Å². The minimum atomic E-state index is 0.0178. The molecule has 0 spiro atoms. The number of likely N-dealkylation sites (tertiary alicyclic amines) is 1. The number of hydrogen-bond donors (Lipinski definition) is 2. The molecule has 1 atom stereocenters. The van der Waals surface area contributed by atoms with E-state index in [0.29, 0.717) is 0 Å². The smallest absolute Gasteiger partial charge is 0.253 e. The lowest BCUT2D eigenvalue weighted by molar-refractivity contribution is 0.0931. The first kappa shape index (κ1) is 17.0. The molecule has 1 aliphatic rings. The van der Waals surface area contributed by atoms with Crippen LogP contribution in [0.2, 0.25) is 0 Å². The van der Waals surface area contributed by atoms with Crippen molar-refractivity contribution in [1.82, 2.24) is 15.2 Å². The van der Waals surface area contributed by atoms with Gasteiger partial charge >= 0.3 is 0 Å². The number of carbonyl (C=O) groups excluding carboxylic acids is 1. The molecule has 4 nitrogen and oxygen atoms in total. The SMILES string of the molecule is Cc1[nH]c2c(C(=O)NC(C)CN3CCCCCC3)cccc2c1C. The van der Waals surface area contributed by atoms with Gasteiger partial charge < -0.3 is 15.2 Å². The van der Waals surface area contributed by atoms with Crippen molar-refractivity contribution in [2.45, 2.75) is 52.5 Å². The molecule has 0 saturated carbocycles. The molecule has 1 amide bonds. The summed E-state index contributed by atoms with van der Waals surface area (Å²) < 4.78 is 0. The van der Waals surface area contributed by atoms with Gasteiger partial charge in [-0.3, -0.25) is 4.79 Å². The van der Waals surface area contributed by atoms with Crippen LogP contribution in [0.1, 0.15) is 54.2 Å². The second-order valence-electron chi connectivity index (χ2n) is 7.19. The Balaban J connectivity index is 1.69. The van der Waals surface area contributed by atoms with Crippen LogP contribution in [0.4, 0.5) is 0 Å². The number of nitrogens with one attached hydrogen (secondary N) is 2. The third-order valence-electron chi connectivity index (χ3n) is 5.20. The van der Waals surface area contributed by atoms with E-state index >= 15 is 0 Å². The highest BCUT2D eigenvalue weighted by Crippen LogP contribution is 2.24. The molecular weight excluding hydrogens is 298 g/mol. The van der Waals surface area contributed by atoms with E-state index in [1.54, 1.807) is 0 Å². The molecule has 1 aromatic heterocycles. The standard InChI is InChI=1S/C20H29N3O/c1-14(13-23-11-6-4-5-7-12-23)21-20(24)18-10-8-9-17-15(2)16(3)22-19(17)18/h8-10,14,22H,4-7,11-13H2,1-3H3,(H,21,24). The van der Waals surface area contributed by atoms with Crippen LogP contribution in [-0.4, -0.2) is 41.5 Å². The average Bonchev–Trinajstić information content (AvgIpc) is 2.73. The minimum absolute atomic E-state index is 0.0178. The van der Waals surface area contributed by atoms with Gasteiger partial charge in [0.25, 0.3) is 5.91 Å². The fourth-order valence-electron chi connectivity index (χ4n) is 3.73. The van der Waals surface area contributed by atoms with Crippen molar-refractivity contribution in [3.8, 4) is 0 Å². The van der Waals surface area contributed by atoms with E-state index in [2.05, 4.69) is 42.0 Å². The van der Waals surface area contributed by atoms with Gasteiger partial charge in [-0.25, -0.2) is 0 Å². The lowest BCUT2D eigenvalue weighted by atomic mass is 10.1. The van der Waals surface area contributed by atoms with Gasteiger partial charge in [-0.15, -0.1) is 0 Å². The van der Waals surface area contributed by atoms with E-state index in [-0.39, 0.29) is 11.9 Å². The topological polar surface area (TPSA) is 48.1 Å². The quantitative estimate of drug-likeness (QED) is 0.898. The van der Waals surface area contributed by atoms with Gasteiger partial charge in [0.1, 0.15) is 0 Å². The third-order valence-corrected chi connectivity index (χ3v) is 5.20. The highest BCUT2D eigenvalue weighted by atomic mass is 16.1. The van der Waals surface area contributed by atoms with Gasteiger partial charge in [0.2, 0.25) is 0 Å². The van der Waals surface area contributed by atoms with Crippen molar-refractivity contribution in [2.24, 2.45) is 0 Å². The Morgan fingerprint density at radius 2 is 1.92 bits per heavy atom. The van der Waals surface area contributed by atoms with E-state index < -0.39 is 0 Å². The summed E-state index contributed by atoms with van der Waals surface area (Å²) >= 11 is 0. The lowest BCUT2D eigenvalue weighted by Crippen LogP contribution is -2.42. The summed E-state index contributed by atoms with van der Waals surface area (Å²) in [5.41, 5.74) is 4.04. The normalized spacial score (nSPS) is 17.6. The average molecular weight is 327 g/mol. The number of H-pyrrole nitrogens is 1. The summed E-state index contributed by atoms with van der Waals surface area (Å²) in [6, 6.07) is 6.11. The largest absolute Gasteiger partial charge is 0.358 e. The molecule has 2 aromatic rings. The molecule has 24 heavy (non-hydrogen) atoms. The number of nitrogens with zero attached hydrogens (tertiary/aromatic N) is 1. The number of hydrogen-bond acceptors (Lipinski definition) is 2. The van der Waals surface area contributed by atoms with Crippen LogP contribution < -0.4 is 5.32 Å². The van der Waals surface area contributed by atoms with Gasteiger partial charge in [0.15, 0.2) is 0 Å². The molecule has 1 fully saturated rings. The Hall–Kier alpha value is -1.81. The third kappa shape index (κ3) is 3.64. The zero-order valence-corrected chi connectivity index (χ0v) is 15.1. The predicted molar refractivity (Wildman–Crippen MR) is 99.6 cm³/mol. The Kier molecular flexibility index (Phi) is 5.24. The number of benzene rings is 1. The van der Waals surface area contributed by atoms with Crippen LogP contribution >= 0.6 is 0 Å². The number of fused-ring (bicyclic) bond motifs is 1. The maximum Gasteiger partial charge on any atom is 0.253 e. The van der Waals surface area contributed by atoms with Gasteiger partial charge in [-0.2, -0.15) is 0 Å². The van der Waals surface area contributed by atoms with E-state index in [9.17, 15) is 4.79 Å². The molecule has 3 rings (SSSR count). The highest BCUT2D eigenvalue weighted by molar-refractivity contribution is 6.06. The first-order valence-corrected chi connectivity index (χ1v) is 9.17. The van der Waals surface area contributed by atoms with E-state index in [1.807, 2.05) is 12.1 Å². The van der Waals surface area contributed by atoms with Crippen LogP contribution in [-0.2, 0) is 0 Å². The van der Waals surface area contributed by atoms with Crippen LogP contribution in [0.3, 0.4) is 0 Å². The van der Waals surface area contributed by atoms with Crippen LogP contribution in [0, 0.1) is 13.8 Å². The number of aromatic nitrogens is 1. The number of carbonyl (C=O) groups is 1. The summed E-state index contributed by atoms with van der Waals surface area (Å²) in [6.07, 6.45) is 5.23. The van der Waals surface area contributed by atoms with Crippen molar-refractivity contribution < 1.29 is 4.79 Å². The predicted octanol–water partition coefficient (Wildman–Crippen LogP) is 3.78. The minimum Gasteiger partial charge on any atom is -0.358 e. The van der Waals surface area contributed by atoms with Crippen molar-refractivity contribution in [1.29, 1.82) is 0 Å². The number of rotatable bonds is 4. The summed E-state index contributed by atoms with van der Waals surface area (Å²) in [6.45, 7) is 9.51. The second kappa shape index (κ2) is 7.39. The molecule has 1 aliphatic heterocycles. The van der Waals surface area contributed by atoms with E-state index in [4.69, 9.17) is 0 Å². The number of amides is 1. The maximum absolute atomic E-state index is 12.7. The fraction of sp³-hybridized carbons (Fsp3) is 0.550. The van der Waals surface area contributed by atoms with Gasteiger partial charge in [-0.1, -0.05) is 25.0 Å². The first-order valence-electron chi connectivity index (χ1n) is 9.17. The Labute approximate surface area is 144 Å². The molecule has 1 unspecified atom stereocenters. The molecule has 4 heteroatoms. The monoisotopic (exact) mass is 327 g/mol. The van der Waals surface area contributed by atoms with Crippen molar-refractivity contribution in [3.63, 3.8) is 0 Å². The highest BCUT2D eigenvalue weighted by Gasteiger charge is 2.18. The fourth-order valence-corrected chi connectivity index (χ4v) is 3.73. The van der Waals surface area contributed by atoms with Crippen molar-refractivity contribution in [2.75, 3.05) is 19.6 Å². The molecule has 1 saturated heterocycles. The molecular formula is C20H29N3O. The lowest BCUT2D eigenvalue weighted by Gasteiger charge is -2.24. The maximum atomic E-state index is 12.7. The number of para-hydroxylation sites is 1. The number of aryl methyl sites for hydroxylation is 2. The molecule has 0 aliphatic carbocycles. The summed E-state index contributed by atoms with van der Waals surface area (Å²) in [5.74, 6) is 0.0178. The van der Waals surface area contributed by atoms with E-state index in [1.165, 1.54) is 31.2 Å². The van der Waals surface area contributed by atoms with Crippen molar-refractivity contribution in [3.05, 3.63) is 35.0 Å². The van der Waals surface area contributed by atoms with Gasteiger partial charge in [-0.05, 0) is 58.3 Å². The molecule has 0 radical (unpaired) electrons.